The summed E-state index contributed by atoms with van der Waals surface area (Å²) in [7, 11) is 3.54. The summed E-state index contributed by atoms with van der Waals surface area (Å²) in [4.78, 5) is 30.5. The minimum absolute atomic E-state index is 0.0426. The third-order valence-electron chi connectivity index (χ3n) is 5.37. The predicted molar refractivity (Wildman–Crippen MR) is 103 cm³/mol. The monoisotopic (exact) mass is 358 g/mol. The van der Waals surface area contributed by atoms with E-state index in [1.54, 1.807) is 19.0 Å². The molecule has 0 unspecified atom stereocenters. The Labute approximate surface area is 156 Å². The molecule has 2 aliphatic heterocycles. The zero-order chi connectivity index (χ0) is 18.5. The first kappa shape index (κ1) is 18.5. The summed E-state index contributed by atoms with van der Waals surface area (Å²) in [6, 6.07) is 10.5. The number of carbonyl (C=O) groups excluding carboxylic acids is 2. The average Bonchev–Trinajstić information content (AvgIpc) is 2.68. The molecule has 6 heteroatoms. The van der Waals surface area contributed by atoms with E-state index in [9.17, 15) is 9.59 Å². The van der Waals surface area contributed by atoms with Gasteiger partial charge in [-0.25, -0.2) is 4.79 Å². The van der Waals surface area contributed by atoms with E-state index < -0.39 is 0 Å². The third kappa shape index (κ3) is 4.48. The van der Waals surface area contributed by atoms with Crippen molar-refractivity contribution in [1.82, 2.24) is 14.7 Å². The molecule has 0 radical (unpaired) electrons. The third-order valence-corrected chi connectivity index (χ3v) is 5.37. The summed E-state index contributed by atoms with van der Waals surface area (Å²) < 4.78 is 0. The van der Waals surface area contributed by atoms with E-state index in [1.165, 1.54) is 0 Å². The molecule has 2 fully saturated rings. The molecule has 6 nitrogen and oxygen atoms in total. The van der Waals surface area contributed by atoms with Gasteiger partial charge in [0.05, 0.1) is 0 Å². The van der Waals surface area contributed by atoms with Crippen LogP contribution in [-0.2, 0) is 4.79 Å². The van der Waals surface area contributed by atoms with Crippen LogP contribution in [0.4, 0.5) is 10.5 Å². The summed E-state index contributed by atoms with van der Waals surface area (Å²) in [5, 5.41) is 3.55. The Hall–Kier alpha value is -2.24. The lowest BCUT2D eigenvalue weighted by Gasteiger charge is -2.38. The van der Waals surface area contributed by atoms with E-state index >= 15 is 0 Å². The van der Waals surface area contributed by atoms with E-state index in [1.807, 2.05) is 28.0 Å². The number of benzene rings is 1. The zero-order valence-corrected chi connectivity index (χ0v) is 15.9. The van der Waals surface area contributed by atoms with Crippen LogP contribution in [0, 0.1) is 5.92 Å². The predicted octanol–water partition coefficient (Wildman–Crippen LogP) is 2.48. The zero-order valence-electron chi connectivity index (χ0n) is 15.9. The number of anilines is 1. The van der Waals surface area contributed by atoms with Crippen molar-refractivity contribution in [2.24, 2.45) is 5.92 Å². The van der Waals surface area contributed by atoms with Crippen molar-refractivity contribution < 1.29 is 9.59 Å². The Balaban J connectivity index is 1.51. The molecule has 0 spiro atoms. The maximum Gasteiger partial charge on any atom is 0.319 e. The molecular formula is C20H30N4O2. The number of nitrogens with one attached hydrogen (secondary N) is 1. The largest absolute Gasteiger partial charge is 0.381 e. The number of amides is 3. The Bertz CT molecular complexity index is 611. The quantitative estimate of drug-likeness (QED) is 0.903. The van der Waals surface area contributed by atoms with Gasteiger partial charge in [-0.05, 0) is 37.8 Å². The first-order valence-electron chi connectivity index (χ1n) is 9.61. The van der Waals surface area contributed by atoms with Gasteiger partial charge in [-0.2, -0.15) is 0 Å². The molecule has 0 aliphatic carbocycles. The maximum atomic E-state index is 12.9. The summed E-state index contributed by atoms with van der Waals surface area (Å²) in [5.74, 6) is 0.318. The van der Waals surface area contributed by atoms with Gasteiger partial charge in [0.1, 0.15) is 0 Å². The summed E-state index contributed by atoms with van der Waals surface area (Å²) in [6.45, 7) is 2.97. The van der Waals surface area contributed by atoms with Gasteiger partial charge in [0, 0.05) is 57.9 Å². The summed E-state index contributed by atoms with van der Waals surface area (Å²) >= 11 is 0. The maximum absolute atomic E-state index is 12.9. The highest BCUT2D eigenvalue weighted by atomic mass is 16.2. The van der Waals surface area contributed by atoms with Crippen LogP contribution in [-0.4, -0.2) is 73.0 Å². The van der Waals surface area contributed by atoms with Gasteiger partial charge in [-0.15, -0.1) is 0 Å². The minimum Gasteiger partial charge on any atom is -0.381 e. The van der Waals surface area contributed by atoms with Gasteiger partial charge < -0.3 is 20.0 Å². The van der Waals surface area contributed by atoms with Crippen LogP contribution in [0.1, 0.15) is 25.7 Å². The topological polar surface area (TPSA) is 55.9 Å². The van der Waals surface area contributed by atoms with Gasteiger partial charge in [-0.1, -0.05) is 18.2 Å². The first-order valence-corrected chi connectivity index (χ1v) is 9.61. The lowest BCUT2D eigenvalue weighted by Crippen LogP contribution is -2.50. The van der Waals surface area contributed by atoms with E-state index in [0.29, 0.717) is 19.1 Å². The van der Waals surface area contributed by atoms with E-state index in [0.717, 1.165) is 44.5 Å². The van der Waals surface area contributed by atoms with Crippen molar-refractivity contribution in [2.75, 3.05) is 45.6 Å². The fourth-order valence-electron chi connectivity index (χ4n) is 3.92. The average molecular weight is 358 g/mol. The van der Waals surface area contributed by atoms with E-state index in [-0.39, 0.29) is 17.9 Å². The van der Waals surface area contributed by atoms with Crippen LogP contribution in [0.15, 0.2) is 30.3 Å². The molecule has 3 amide bonds. The van der Waals surface area contributed by atoms with Crippen LogP contribution in [0.25, 0.3) is 0 Å². The molecule has 0 aromatic heterocycles. The summed E-state index contributed by atoms with van der Waals surface area (Å²) in [5.41, 5.74) is 1.11. The number of hydrogen-bond donors (Lipinski definition) is 1. The molecule has 1 aromatic carbocycles. The number of rotatable bonds is 3. The second-order valence-corrected chi connectivity index (χ2v) is 7.57. The number of para-hydroxylation sites is 1. The Kier molecular flexibility index (Phi) is 6.01. The molecule has 1 N–H and O–H groups in total. The molecule has 2 aliphatic rings. The summed E-state index contributed by atoms with van der Waals surface area (Å²) in [6.07, 6.45) is 3.67. The van der Waals surface area contributed by atoms with Crippen molar-refractivity contribution in [3.05, 3.63) is 30.3 Å². The number of carbonyl (C=O) groups is 2. The van der Waals surface area contributed by atoms with Gasteiger partial charge in [0.25, 0.3) is 0 Å². The highest BCUT2D eigenvalue weighted by Gasteiger charge is 2.32. The van der Waals surface area contributed by atoms with Crippen molar-refractivity contribution >= 4 is 17.6 Å². The van der Waals surface area contributed by atoms with Crippen LogP contribution in [0.3, 0.4) is 0 Å². The number of nitrogens with zero attached hydrogens (tertiary/aromatic N) is 3. The molecular weight excluding hydrogens is 328 g/mol. The van der Waals surface area contributed by atoms with Gasteiger partial charge in [0.2, 0.25) is 5.91 Å². The van der Waals surface area contributed by atoms with Gasteiger partial charge in [-0.3, -0.25) is 4.79 Å². The SMILES string of the molecule is CN(C)C(=O)N1CCC(C(=O)N2CCC[C@@H](Nc3ccccc3)C2)CC1. The second-order valence-electron chi connectivity index (χ2n) is 7.57. The number of piperidine rings is 2. The van der Waals surface area contributed by atoms with Crippen molar-refractivity contribution in [3.8, 4) is 0 Å². The second kappa shape index (κ2) is 8.43. The molecule has 1 aromatic rings. The molecule has 3 rings (SSSR count). The smallest absolute Gasteiger partial charge is 0.319 e. The molecule has 142 valence electrons. The molecule has 2 heterocycles. The molecule has 0 bridgehead atoms. The van der Waals surface area contributed by atoms with Gasteiger partial charge in [0.15, 0.2) is 0 Å². The standard InChI is InChI=1S/C20H30N4O2/c1-22(2)20(26)23-13-10-16(11-14-23)19(25)24-12-6-9-18(15-24)21-17-7-4-3-5-8-17/h3-5,7-8,16,18,21H,6,9-15H2,1-2H3/t18-/m1/s1. The molecule has 1 atom stereocenters. The molecule has 0 saturated carbocycles. The van der Waals surface area contributed by atoms with E-state index in [2.05, 4.69) is 17.4 Å². The Morgan fingerprint density at radius 1 is 1.00 bits per heavy atom. The normalized spacial score (nSPS) is 21.4. The lowest BCUT2D eigenvalue weighted by atomic mass is 9.94. The van der Waals surface area contributed by atoms with Crippen LogP contribution < -0.4 is 5.32 Å². The Morgan fingerprint density at radius 2 is 1.69 bits per heavy atom. The number of likely N-dealkylation sites (tertiary alicyclic amines) is 2. The van der Waals surface area contributed by atoms with Crippen molar-refractivity contribution in [2.45, 2.75) is 31.7 Å². The fraction of sp³-hybridized carbons (Fsp3) is 0.600. The fourth-order valence-corrected chi connectivity index (χ4v) is 3.92. The highest BCUT2D eigenvalue weighted by Crippen LogP contribution is 2.23. The Morgan fingerprint density at radius 3 is 2.35 bits per heavy atom. The van der Waals surface area contributed by atoms with Crippen molar-refractivity contribution in [1.29, 1.82) is 0 Å². The number of hydrogen-bond acceptors (Lipinski definition) is 3. The van der Waals surface area contributed by atoms with E-state index in [4.69, 9.17) is 0 Å². The molecule has 26 heavy (non-hydrogen) atoms. The highest BCUT2D eigenvalue weighted by molar-refractivity contribution is 5.80. The first-order chi connectivity index (χ1) is 12.5. The van der Waals surface area contributed by atoms with Crippen LogP contribution in [0.5, 0.6) is 0 Å². The van der Waals surface area contributed by atoms with Gasteiger partial charge >= 0.3 is 6.03 Å². The minimum atomic E-state index is 0.0426. The number of urea groups is 1. The molecule has 2 saturated heterocycles. The van der Waals surface area contributed by atoms with Crippen molar-refractivity contribution in [3.63, 3.8) is 0 Å². The van der Waals surface area contributed by atoms with Crippen LogP contribution in [0.2, 0.25) is 0 Å². The van der Waals surface area contributed by atoms with Crippen LogP contribution >= 0.6 is 0 Å². The lowest BCUT2D eigenvalue weighted by molar-refractivity contribution is -0.138.